The van der Waals surface area contributed by atoms with Crippen molar-refractivity contribution in [1.82, 2.24) is 15.1 Å². The van der Waals surface area contributed by atoms with Crippen LogP contribution in [0.5, 0.6) is 0 Å². The van der Waals surface area contributed by atoms with Gasteiger partial charge in [-0.15, -0.1) is 0 Å². The minimum atomic E-state index is -2.89. The fourth-order valence-corrected chi connectivity index (χ4v) is 2.19. The van der Waals surface area contributed by atoms with Crippen LogP contribution >= 0.6 is 0 Å². The zero-order valence-corrected chi connectivity index (χ0v) is 11.6. The van der Waals surface area contributed by atoms with Crippen LogP contribution in [-0.4, -0.2) is 36.8 Å². The molecule has 0 saturated carbocycles. The Hall–Kier alpha value is -1.66. The molecule has 1 N–H and O–H groups in total. The van der Waals surface area contributed by atoms with Crippen LogP contribution in [0.3, 0.4) is 0 Å². The molecule has 1 aromatic carbocycles. The molecule has 19 heavy (non-hydrogen) atoms. The van der Waals surface area contributed by atoms with Gasteiger partial charge in [0.2, 0.25) is 0 Å². The summed E-state index contributed by atoms with van der Waals surface area (Å²) in [5, 5.41) is 7.26. The van der Waals surface area contributed by atoms with Crippen LogP contribution in [0.25, 0.3) is 5.69 Å². The molecule has 0 amide bonds. The van der Waals surface area contributed by atoms with Crippen molar-refractivity contribution in [3.8, 4) is 5.69 Å². The smallest absolute Gasteiger partial charge is 0.148 e. The second-order valence-corrected chi connectivity index (χ2v) is 6.68. The molecule has 0 radical (unpaired) electrons. The number of rotatable bonds is 6. The van der Waals surface area contributed by atoms with Crippen LogP contribution in [0.1, 0.15) is 5.56 Å². The first kappa shape index (κ1) is 13.8. The maximum absolute atomic E-state index is 11.0. The van der Waals surface area contributed by atoms with Crippen molar-refractivity contribution in [2.24, 2.45) is 0 Å². The normalized spacial score (nSPS) is 11.6. The summed E-state index contributed by atoms with van der Waals surface area (Å²) in [5.74, 6) is 0.165. The van der Waals surface area contributed by atoms with Crippen molar-refractivity contribution < 1.29 is 8.42 Å². The molecular weight excluding hydrogens is 262 g/mol. The van der Waals surface area contributed by atoms with E-state index in [9.17, 15) is 8.42 Å². The standard InChI is InChI=1S/C13H17N3O2S/c1-19(17,18)10-8-14-11-12-3-5-13(6-4-12)16-9-2-7-15-16/h2-7,9,14H,8,10-11H2,1H3. The van der Waals surface area contributed by atoms with Crippen molar-refractivity contribution in [1.29, 1.82) is 0 Å². The van der Waals surface area contributed by atoms with E-state index in [1.807, 2.05) is 36.5 Å². The van der Waals surface area contributed by atoms with Crippen LogP contribution in [0.15, 0.2) is 42.7 Å². The lowest BCUT2D eigenvalue weighted by atomic mass is 10.2. The predicted molar refractivity (Wildman–Crippen MR) is 75.0 cm³/mol. The van der Waals surface area contributed by atoms with Crippen LogP contribution in [0, 0.1) is 0 Å². The first-order chi connectivity index (χ1) is 9.04. The van der Waals surface area contributed by atoms with Gasteiger partial charge in [0, 0.05) is 31.7 Å². The molecule has 0 saturated heterocycles. The molecular formula is C13H17N3O2S. The molecule has 6 heteroatoms. The van der Waals surface area contributed by atoms with Gasteiger partial charge < -0.3 is 5.32 Å². The van der Waals surface area contributed by atoms with Crippen LogP contribution in [0.2, 0.25) is 0 Å². The number of hydrogen-bond acceptors (Lipinski definition) is 4. The van der Waals surface area contributed by atoms with E-state index in [-0.39, 0.29) is 5.75 Å². The van der Waals surface area contributed by atoms with Gasteiger partial charge in [0.25, 0.3) is 0 Å². The molecule has 0 aliphatic rings. The Kier molecular flexibility index (Phi) is 4.34. The highest BCUT2D eigenvalue weighted by Crippen LogP contribution is 2.08. The third kappa shape index (κ3) is 4.50. The molecule has 2 rings (SSSR count). The Morgan fingerprint density at radius 2 is 2.00 bits per heavy atom. The number of sulfone groups is 1. The Morgan fingerprint density at radius 3 is 2.58 bits per heavy atom. The summed E-state index contributed by atoms with van der Waals surface area (Å²) in [6.45, 7) is 1.13. The second-order valence-electron chi connectivity index (χ2n) is 4.42. The van der Waals surface area contributed by atoms with Gasteiger partial charge in [-0.25, -0.2) is 13.1 Å². The summed E-state index contributed by atoms with van der Waals surface area (Å²) in [7, 11) is -2.89. The van der Waals surface area contributed by atoms with Gasteiger partial charge in [-0.1, -0.05) is 12.1 Å². The first-order valence-electron chi connectivity index (χ1n) is 6.02. The number of hydrogen-bond donors (Lipinski definition) is 1. The van der Waals surface area contributed by atoms with E-state index in [0.717, 1.165) is 11.3 Å². The maximum Gasteiger partial charge on any atom is 0.148 e. The van der Waals surface area contributed by atoms with Gasteiger partial charge >= 0.3 is 0 Å². The molecule has 102 valence electrons. The lowest BCUT2D eigenvalue weighted by Crippen LogP contribution is -2.21. The second kappa shape index (κ2) is 5.99. The van der Waals surface area contributed by atoms with Crippen molar-refractivity contribution in [2.45, 2.75) is 6.54 Å². The summed E-state index contributed by atoms with van der Waals surface area (Å²) in [6.07, 6.45) is 4.87. The fourth-order valence-electron chi connectivity index (χ4n) is 1.68. The predicted octanol–water partition coefficient (Wildman–Crippen LogP) is 1.01. The highest BCUT2D eigenvalue weighted by molar-refractivity contribution is 7.90. The summed E-state index contributed by atoms with van der Waals surface area (Å²) < 4.78 is 23.7. The number of nitrogens with one attached hydrogen (secondary N) is 1. The van der Waals surface area contributed by atoms with Gasteiger partial charge in [-0.3, -0.25) is 0 Å². The first-order valence-corrected chi connectivity index (χ1v) is 8.08. The van der Waals surface area contributed by atoms with E-state index in [2.05, 4.69) is 10.4 Å². The molecule has 0 bridgehead atoms. The van der Waals surface area contributed by atoms with Crippen molar-refractivity contribution >= 4 is 9.84 Å². The lowest BCUT2D eigenvalue weighted by Gasteiger charge is -2.06. The zero-order chi connectivity index (χ0) is 13.7. The molecule has 0 unspecified atom stereocenters. The quantitative estimate of drug-likeness (QED) is 0.801. The van der Waals surface area contributed by atoms with Crippen LogP contribution < -0.4 is 5.32 Å². The van der Waals surface area contributed by atoms with E-state index >= 15 is 0 Å². The third-order valence-corrected chi connectivity index (χ3v) is 3.63. The fraction of sp³-hybridized carbons (Fsp3) is 0.308. The highest BCUT2D eigenvalue weighted by Gasteiger charge is 2.01. The molecule has 0 aliphatic carbocycles. The summed E-state index contributed by atoms with van der Waals surface area (Å²) in [6, 6.07) is 9.86. The summed E-state index contributed by atoms with van der Waals surface area (Å²) >= 11 is 0. The van der Waals surface area contributed by atoms with Crippen molar-refractivity contribution in [3.63, 3.8) is 0 Å². The Labute approximate surface area is 113 Å². The van der Waals surface area contributed by atoms with Crippen LogP contribution in [0.4, 0.5) is 0 Å². The Bertz CT molecular complexity index is 604. The van der Waals surface area contributed by atoms with E-state index < -0.39 is 9.84 Å². The monoisotopic (exact) mass is 279 g/mol. The van der Waals surface area contributed by atoms with Gasteiger partial charge in [0.15, 0.2) is 0 Å². The van der Waals surface area contributed by atoms with E-state index in [0.29, 0.717) is 13.1 Å². The summed E-state index contributed by atoms with van der Waals surface area (Å²) in [5.41, 5.74) is 2.12. The molecule has 0 spiro atoms. The average Bonchev–Trinajstić information content (AvgIpc) is 2.88. The minimum absolute atomic E-state index is 0.165. The SMILES string of the molecule is CS(=O)(=O)CCNCc1ccc(-n2cccn2)cc1. The number of nitrogens with zero attached hydrogens (tertiary/aromatic N) is 2. The van der Waals surface area contributed by atoms with Gasteiger partial charge in [-0.2, -0.15) is 5.10 Å². The van der Waals surface area contributed by atoms with E-state index in [1.54, 1.807) is 10.9 Å². The van der Waals surface area contributed by atoms with Crippen molar-refractivity contribution in [3.05, 3.63) is 48.3 Å². The van der Waals surface area contributed by atoms with E-state index in [1.165, 1.54) is 6.26 Å². The number of aromatic nitrogens is 2. The topological polar surface area (TPSA) is 64.0 Å². The van der Waals surface area contributed by atoms with Gasteiger partial charge in [0.1, 0.15) is 9.84 Å². The van der Waals surface area contributed by atoms with Gasteiger partial charge in [-0.05, 0) is 23.8 Å². The number of benzene rings is 1. The highest BCUT2D eigenvalue weighted by atomic mass is 32.2. The Balaban J connectivity index is 1.86. The molecule has 1 aromatic heterocycles. The van der Waals surface area contributed by atoms with E-state index in [4.69, 9.17) is 0 Å². The molecule has 0 atom stereocenters. The third-order valence-electron chi connectivity index (χ3n) is 2.68. The summed E-state index contributed by atoms with van der Waals surface area (Å²) in [4.78, 5) is 0. The average molecular weight is 279 g/mol. The minimum Gasteiger partial charge on any atom is -0.312 e. The molecule has 5 nitrogen and oxygen atoms in total. The van der Waals surface area contributed by atoms with Crippen molar-refractivity contribution in [2.75, 3.05) is 18.6 Å². The lowest BCUT2D eigenvalue weighted by molar-refractivity contribution is 0.596. The largest absolute Gasteiger partial charge is 0.312 e. The molecule has 0 aliphatic heterocycles. The Morgan fingerprint density at radius 1 is 1.26 bits per heavy atom. The molecule has 0 fully saturated rings. The maximum atomic E-state index is 11.0. The van der Waals surface area contributed by atoms with Gasteiger partial charge in [0.05, 0.1) is 11.4 Å². The molecule has 1 heterocycles. The zero-order valence-electron chi connectivity index (χ0n) is 10.8. The van der Waals surface area contributed by atoms with Crippen LogP contribution in [-0.2, 0) is 16.4 Å². The molecule has 2 aromatic rings.